The van der Waals surface area contributed by atoms with Gasteiger partial charge >= 0.3 is 0 Å². The highest BCUT2D eigenvalue weighted by Crippen LogP contribution is 2.03. The SMILES string of the molecule is CSC1NNC(C)C(O)N1. The summed E-state index contributed by atoms with van der Waals surface area (Å²) in [4.78, 5) is 0. The lowest BCUT2D eigenvalue weighted by molar-refractivity contribution is 0.0571. The minimum absolute atomic E-state index is 0.0587. The first-order chi connectivity index (χ1) is 4.74. The summed E-state index contributed by atoms with van der Waals surface area (Å²) in [7, 11) is 0. The fourth-order valence-corrected chi connectivity index (χ4v) is 1.22. The molecule has 0 saturated carbocycles. The lowest BCUT2D eigenvalue weighted by Crippen LogP contribution is -2.65. The van der Waals surface area contributed by atoms with Crippen molar-refractivity contribution in [3.8, 4) is 0 Å². The lowest BCUT2D eigenvalue weighted by atomic mass is 10.3. The predicted molar refractivity (Wildman–Crippen MR) is 42.2 cm³/mol. The molecule has 5 heteroatoms. The van der Waals surface area contributed by atoms with Crippen LogP contribution >= 0.6 is 11.8 Å². The number of rotatable bonds is 1. The second kappa shape index (κ2) is 3.54. The average Bonchev–Trinajstić information content (AvgIpc) is 1.95. The quantitative estimate of drug-likeness (QED) is 0.401. The van der Waals surface area contributed by atoms with Gasteiger partial charge in [0.15, 0.2) is 0 Å². The van der Waals surface area contributed by atoms with E-state index in [1.165, 1.54) is 0 Å². The van der Waals surface area contributed by atoms with Crippen LogP contribution < -0.4 is 16.2 Å². The zero-order valence-electron chi connectivity index (χ0n) is 6.09. The van der Waals surface area contributed by atoms with Crippen LogP contribution in [0.25, 0.3) is 0 Å². The highest BCUT2D eigenvalue weighted by Gasteiger charge is 2.22. The Morgan fingerprint density at radius 1 is 1.40 bits per heavy atom. The van der Waals surface area contributed by atoms with Crippen LogP contribution in [0, 0.1) is 0 Å². The molecule has 3 atom stereocenters. The fourth-order valence-electron chi connectivity index (χ4n) is 0.754. The highest BCUT2D eigenvalue weighted by atomic mass is 32.2. The van der Waals surface area contributed by atoms with Crippen molar-refractivity contribution in [2.45, 2.75) is 24.7 Å². The fraction of sp³-hybridized carbons (Fsp3) is 1.00. The number of nitrogens with one attached hydrogen (secondary N) is 3. The van der Waals surface area contributed by atoms with Gasteiger partial charge in [-0.2, -0.15) is 0 Å². The predicted octanol–water partition coefficient (Wildman–Crippen LogP) is -0.963. The molecule has 3 unspecified atom stereocenters. The molecule has 0 amide bonds. The van der Waals surface area contributed by atoms with E-state index in [0.29, 0.717) is 0 Å². The van der Waals surface area contributed by atoms with Gasteiger partial charge in [-0.15, -0.1) is 11.8 Å². The number of aliphatic hydroxyl groups excluding tert-OH is 1. The van der Waals surface area contributed by atoms with E-state index in [1.807, 2.05) is 13.2 Å². The van der Waals surface area contributed by atoms with E-state index < -0.39 is 6.23 Å². The zero-order chi connectivity index (χ0) is 7.56. The van der Waals surface area contributed by atoms with Crippen LogP contribution in [0.3, 0.4) is 0 Å². The summed E-state index contributed by atoms with van der Waals surface area (Å²) in [5.41, 5.74) is 6.04. The van der Waals surface area contributed by atoms with E-state index >= 15 is 0 Å². The van der Waals surface area contributed by atoms with Crippen molar-refractivity contribution in [1.29, 1.82) is 0 Å². The summed E-state index contributed by atoms with van der Waals surface area (Å²) in [5.74, 6) is 0. The molecule has 1 rings (SSSR count). The molecule has 0 radical (unpaired) electrons. The third kappa shape index (κ3) is 1.83. The Morgan fingerprint density at radius 2 is 2.10 bits per heavy atom. The first kappa shape index (κ1) is 8.29. The van der Waals surface area contributed by atoms with Crippen LogP contribution in [0.15, 0.2) is 0 Å². The largest absolute Gasteiger partial charge is 0.377 e. The molecule has 1 aliphatic rings. The molecule has 0 bridgehead atoms. The topological polar surface area (TPSA) is 56.3 Å². The maximum absolute atomic E-state index is 9.25. The Kier molecular flexibility index (Phi) is 2.94. The van der Waals surface area contributed by atoms with Crippen LogP contribution in [0.1, 0.15) is 6.92 Å². The molecular formula is C5H13N3OS. The summed E-state index contributed by atoms with van der Waals surface area (Å²) in [6, 6.07) is 0.0587. The molecule has 10 heavy (non-hydrogen) atoms. The molecule has 0 aromatic rings. The van der Waals surface area contributed by atoms with Crippen molar-refractivity contribution >= 4 is 11.8 Å². The van der Waals surface area contributed by atoms with Gasteiger partial charge < -0.3 is 5.11 Å². The van der Waals surface area contributed by atoms with Crippen molar-refractivity contribution in [3.05, 3.63) is 0 Å². The first-order valence-electron chi connectivity index (χ1n) is 3.22. The highest BCUT2D eigenvalue weighted by molar-refractivity contribution is 7.99. The van der Waals surface area contributed by atoms with Crippen molar-refractivity contribution in [2.75, 3.05) is 6.26 Å². The second-order valence-electron chi connectivity index (χ2n) is 2.30. The van der Waals surface area contributed by atoms with E-state index in [0.717, 1.165) is 0 Å². The van der Waals surface area contributed by atoms with Gasteiger partial charge in [0.05, 0.1) is 6.04 Å². The third-order valence-corrected chi connectivity index (χ3v) is 2.20. The number of hydrogen-bond donors (Lipinski definition) is 4. The Bertz CT molecular complexity index is 113. The normalized spacial score (nSPS) is 41.7. The van der Waals surface area contributed by atoms with Gasteiger partial charge in [0.2, 0.25) is 0 Å². The number of aliphatic hydroxyl groups is 1. The summed E-state index contributed by atoms with van der Waals surface area (Å²) < 4.78 is 0. The van der Waals surface area contributed by atoms with Gasteiger partial charge in [0, 0.05) is 0 Å². The molecule has 0 aromatic carbocycles. The standard InChI is InChI=1S/C5H13N3OS/c1-3-4(9)6-5(10-2)8-7-3/h3-9H,1-2H3. The molecule has 60 valence electrons. The zero-order valence-corrected chi connectivity index (χ0v) is 6.90. The Balaban J connectivity index is 2.33. The van der Waals surface area contributed by atoms with E-state index in [9.17, 15) is 5.11 Å². The molecule has 4 N–H and O–H groups in total. The van der Waals surface area contributed by atoms with Crippen molar-refractivity contribution < 1.29 is 5.11 Å². The van der Waals surface area contributed by atoms with Gasteiger partial charge in [0.1, 0.15) is 11.7 Å². The Morgan fingerprint density at radius 3 is 2.60 bits per heavy atom. The number of hydrogen-bond acceptors (Lipinski definition) is 5. The number of hydrazine groups is 1. The van der Waals surface area contributed by atoms with Crippen molar-refractivity contribution in [2.24, 2.45) is 0 Å². The van der Waals surface area contributed by atoms with Crippen molar-refractivity contribution in [1.82, 2.24) is 16.2 Å². The van der Waals surface area contributed by atoms with Crippen LogP contribution in [0.5, 0.6) is 0 Å². The van der Waals surface area contributed by atoms with Crippen molar-refractivity contribution in [3.63, 3.8) is 0 Å². The molecule has 1 heterocycles. The minimum atomic E-state index is -0.460. The average molecular weight is 163 g/mol. The van der Waals surface area contributed by atoms with Gasteiger partial charge in [0.25, 0.3) is 0 Å². The van der Waals surface area contributed by atoms with E-state index in [-0.39, 0.29) is 11.5 Å². The van der Waals surface area contributed by atoms with Gasteiger partial charge in [-0.25, -0.2) is 10.9 Å². The molecule has 1 aliphatic heterocycles. The second-order valence-corrected chi connectivity index (χ2v) is 3.25. The monoisotopic (exact) mass is 163 g/mol. The van der Waals surface area contributed by atoms with Crippen LogP contribution in [-0.2, 0) is 0 Å². The molecule has 4 nitrogen and oxygen atoms in total. The van der Waals surface area contributed by atoms with Crippen LogP contribution in [0.4, 0.5) is 0 Å². The van der Waals surface area contributed by atoms with E-state index in [1.54, 1.807) is 11.8 Å². The van der Waals surface area contributed by atoms with Crippen LogP contribution in [-0.4, -0.2) is 29.1 Å². The lowest BCUT2D eigenvalue weighted by Gasteiger charge is -2.33. The molecule has 0 spiro atoms. The summed E-state index contributed by atoms with van der Waals surface area (Å²) in [6.45, 7) is 1.90. The molecular weight excluding hydrogens is 150 g/mol. The van der Waals surface area contributed by atoms with E-state index in [2.05, 4.69) is 16.2 Å². The van der Waals surface area contributed by atoms with Gasteiger partial charge in [-0.05, 0) is 13.2 Å². The minimum Gasteiger partial charge on any atom is -0.377 e. The molecule has 1 fully saturated rings. The maximum Gasteiger partial charge on any atom is 0.123 e. The van der Waals surface area contributed by atoms with E-state index in [4.69, 9.17) is 0 Å². The molecule has 1 saturated heterocycles. The summed E-state index contributed by atoms with van der Waals surface area (Å²) in [5, 5.41) is 12.2. The molecule has 0 aliphatic carbocycles. The Labute approximate surface area is 64.7 Å². The first-order valence-corrected chi connectivity index (χ1v) is 4.51. The van der Waals surface area contributed by atoms with Crippen LogP contribution in [0.2, 0.25) is 0 Å². The van der Waals surface area contributed by atoms with Gasteiger partial charge in [-0.1, -0.05) is 0 Å². The Hall–Kier alpha value is 0.190. The van der Waals surface area contributed by atoms with Gasteiger partial charge in [-0.3, -0.25) is 5.32 Å². The third-order valence-electron chi connectivity index (χ3n) is 1.47. The summed E-state index contributed by atoms with van der Waals surface area (Å²) >= 11 is 1.61. The molecule has 0 aromatic heterocycles. The smallest absolute Gasteiger partial charge is 0.123 e. The maximum atomic E-state index is 9.25. The number of thioether (sulfide) groups is 1. The summed E-state index contributed by atoms with van der Waals surface area (Å²) in [6.07, 6.45) is 1.51.